The maximum Gasteiger partial charge on any atom is 0.0757 e. The molecule has 0 unspecified atom stereocenters. The third-order valence-corrected chi connectivity index (χ3v) is 21.9. The monoisotopic (exact) mass is 1320 g/mol. The maximum absolute atomic E-state index is 8.98. The normalized spacial score (nSPS) is 10.7. The smallest absolute Gasteiger partial charge is 0.0757 e. The van der Waals surface area contributed by atoms with Gasteiger partial charge in [-0.1, -0.05) is 0 Å². The van der Waals surface area contributed by atoms with Crippen molar-refractivity contribution >= 4 is 28.5 Å². The van der Waals surface area contributed by atoms with Gasteiger partial charge in [0.2, 0.25) is 0 Å². The Hall–Kier alpha value is -2.42. The number of quaternary nitrogens is 8. The lowest BCUT2D eigenvalue weighted by Crippen LogP contribution is -2.47. The van der Waals surface area contributed by atoms with Crippen molar-refractivity contribution in [1.82, 2.24) is 0 Å². The fourth-order valence-corrected chi connectivity index (χ4v) is 10.7. The van der Waals surface area contributed by atoms with Gasteiger partial charge in [0.05, 0.1) is 209 Å². The summed E-state index contributed by atoms with van der Waals surface area (Å²) in [5, 5.41) is 101. The van der Waals surface area contributed by atoms with E-state index in [0.29, 0.717) is 0 Å². The number of nitriles is 4. The van der Waals surface area contributed by atoms with Crippen LogP contribution in [-0.2, 0) is 0 Å². The van der Waals surface area contributed by atoms with Gasteiger partial charge < -0.3 is 76.1 Å². The van der Waals surface area contributed by atoms with Gasteiger partial charge in [0.25, 0.3) is 0 Å². The third-order valence-electron chi connectivity index (χ3n) is 21.9. The minimum atomic E-state index is -2.31. The van der Waals surface area contributed by atoms with E-state index in [1.165, 1.54) is 245 Å². The Balaban J connectivity index is -0.0000000764. The molecule has 0 radical (unpaired) electrons. The van der Waals surface area contributed by atoms with E-state index in [9.17, 15) is 0 Å². The molecule has 0 aliphatic carbocycles. The second kappa shape index (κ2) is 77.6. The molecule has 0 aliphatic heterocycles. The van der Waals surface area contributed by atoms with Crippen LogP contribution in [0.25, 0.3) is 0 Å². The van der Waals surface area contributed by atoms with Crippen molar-refractivity contribution in [2.24, 2.45) is 0 Å². The van der Waals surface area contributed by atoms with E-state index in [-0.39, 0.29) is 0 Å². The zero-order valence-corrected chi connectivity index (χ0v) is 67.6. The molecule has 20 nitrogen and oxygen atoms in total. The second-order valence-corrected chi connectivity index (χ2v) is 22.7. The molecular weight excluding hydrogens is 1160 g/mol. The van der Waals surface area contributed by atoms with Crippen LogP contribution in [-0.4, -0.2) is 274 Å². The van der Waals surface area contributed by atoms with Crippen molar-refractivity contribution in [2.45, 2.75) is 222 Å². The number of hydrogen-bond donors (Lipinski definition) is 0. The number of hydrogen-bond acceptors (Lipinski definition) is 12. The van der Waals surface area contributed by atoms with Crippen LogP contribution in [0.5, 0.6) is 0 Å². The summed E-state index contributed by atoms with van der Waals surface area (Å²) in [4.78, 5) is 0. The molecule has 0 amide bonds. The summed E-state index contributed by atoms with van der Waals surface area (Å²) in [6.45, 7) is 114. The van der Waals surface area contributed by atoms with Gasteiger partial charge in [0.1, 0.15) is 0 Å². The Bertz CT molecular complexity index is 1160. The first-order valence-electron chi connectivity index (χ1n) is 36.7. The Labute approximate surface area is 578 Å². The fraction of sp³-hybridized carbons (Fsp3) is 0.941. The van der Waals surface area contributed by atoms with E-state index in [1.54, 1.807) is 0 Å². The highest BCUT2D eigenvalue weighted by molar-refractivity contribution is 6.47. The van der Waals surface area contributed by atoms with E-state index in [2.05, 4.69) is 222 Å². The topological polar surface area (TPSA) is 280 Å². The van der Waals surface area contributed by atoms with Crippen molar-refractivity contribution < 1.29 is 76.1 Å². The van der Waals surface area contributed by atoms with Gasteiger partial charge in [-0.15, -0.1) is 0 Å². The summed E-state index contributed by atoms with van der Waals surface area (Å²) in [5.74, 6) is 3.67. The van der Waals surface area contributed by atoms with E-state index >= 15 is 0 Å². The van der Waals surface area contributed by atoms with Gasteiger partial charge in [-0.3, -0.25) is 0 Å². The first-order valence-corrected chi connectivity index (χ1v) is 36.7. The summed E-state index contributed by atoms with van der Waals surface area (Å²) in [7, 11) is -9.24. The lowest BCUT2D eigenvalue weighted by Gasteiger charge is -2.34. The lowest BCUT2D eigenvalue weighted by molar-refractivity contribution is -0.921. The van der Waals surface area contributed by atoms with Crippen molar-refractivity contribution in [3.05, 3.63) is 0 Å². The van der Waals surface area contributed by atoms with Crippen molar-refractivity contribution in [3.8, 4) is 23.9 Å². The molecule has 0 aromatic heterocycles. The molecule has 92 heavy (non-hydrogen) atoms. The minimum Gasteiger partial charge on any atom is -0.881 e. The molecule has 0 aliphatic rings. The average Bonchev–Trinajstić information content (AvgIpc) is 3.77. The molecule has 552 valence electrons. The van der Waals surface area contributed by atoms with Gasteiger partial charge in [-0.2, -0.15) is 0 Å². The molecule has 0 fully saturated rings. The van der Waals surface area contributed by atoms with Crippen LogP contribution in [0.1, 0.15) is 222 Å². The standard InChI is InChI=1S/8C8H20N.4CBNO2/c8*1-5-9(6-2,7-3)8-4;4*3-1-2(4)5/h8*5-8H2,1-4H3;;;;/q8*+1;4*-2. The summed E-state index contributed by atoms with van der Waals surface area (Å²) in [6.07, 6.45) is 0. The molecule has 0 spiro atoms. The van der Waals surface area contributed by atoms with Crippen molar-refractivity contribution in [3.63, 3.8) is 0 Å². The van der Waals surface area contributed by atoms with E-state index < -0.39 is 28.5 Å². The highest BCUT2D eigenvalue weighted by Gasteiger charge is 2.21. The zero-order valence-electron chi connectivity index (χ0n) is 67.6. The molecule has 0 rings (SSSR count). The van der Waals surface area contributed by atoms with Crippen LogP contribution in [0.2, 0.25) is 0 Å². The Kier molecular flexibility index (Phi) is 98.5. The van der Waals surface area contributed by atoms with Gasteiger partial charge in [-0.25, -0.2) is 21.0 Å². The molecule has 0 aromatic rings. The number of nitrogens with zero attached hydrogens (tertiary/aromatic N) is 12. The highest BCUT2D eigenvalue weighted by Crippen LogP contribution is 2.08. The quantitative estimate of drug-likeness (QED) is 0.0680. The van der Waals surface area contributed by atoms with Crippen LogP contribution in [0.3, 0.4) is 0 Å². The van der Waals surface area contributed by atoms with Crippen molar-refractivity contribution in [2.75, 3.05) is 209 Å². The minimum absolute atomic E-state index is 0.917. The summed E-state index contributed by atoms with van der Waals surface area (Å²) < 4.78 is 10.2. The van der Waals surface area contributed by atoms with Crippen LogP contribution in [0.4, 0.5) is 0 Å². The fourth-order valence-electron chi connectivity index (χ4n) is 10.7. The van der Waals surface area contributed by atoms with Gasteiger partial charge in [-0.05, 0) is 245 Å². The van der Waals surface area contributed by atoms with Crippen LogP contribution in [0, 0.1) is 44.9 Å². The summed E-state index contributed by atoms with van der Waals surface area (Å²) in [5.41, 5.74) is 0. The Morgan fingerprint density at radius 1 is 0.152 bits per heavy atom. The van der Waals surface area contributed by atoms with E-state index in [4.69, 9.17) is 61.2 Å². The van der Waals surface area contributed by atoms with E-state index in [0.717, 1.165) is 23.9 Å². The predicted octanol–water partition coefficient (Wildman–Crippen LogP) is 4.09. The molecule has 0 aromatic carbocycles. The second-order valence-electron chi connectivity index (χ2n) is 22.7. The largest absolute Gasteiger partial charge is 0.881 e. The average molecular weight is 1320 g/mol. The van der Waals surface area contributed by atoms with Crippen LogP contribution in [0.15, 0.2) is 0 Å². The molecular formula is C68H160B4N12O8. The maximum atomic E-state index is 8.98. The van der Waals surface area contributed by atoms with Gasteiger partial charge in [0.15, 0.2) is 0 Å². The SMILES string of the molecule is CC[N+](CC)(CC)CC.CC[N+](CC)(CC)CC.CC[N+](CC)(CC)CC.CC[N+](CC)(CC)CC.CC[N+](CC)(CC)CC.CC[N+](CC)(CC)CC.CC[N+](CC)(CC)CC.CC[N+](CC)(CC)CC.N#CB([O-])[O-].N#CB([O-])[O-].N#CB([O-])[O-].N#CB([O-])[O-]. The molecule has 0 atom stereocenters. The highest BCUT2D eigenvalue weighted by atomic mass is 16.4. The third kappa shape index (κ3) is 63.6. The molecule has 24 heteroatoms. The Morgan fingerprint density at radius 2 is 0.185 bits per heavy atom. The van der Waals surface area contributed by atoms with Crippen LogP contribution < -0.4 is 40.2 Å². The predicted molar refractivity (Wildman–Crippen MR) is 385 cm³/mol. The molecule has 0 bridgehead atoms. The lowest BCUT2D eigenvalue weighted by atomic mass is 9.97. The molecule has 0 heterocycles. The van der Waals surface area contributed by atoms with Gasteiger partial charge in [0, 0.05) is 28.5 Å². The molecule has 0 saturated heterocycles. The van der Waals surface area contributed by atoms with Crippen molar-refractivity contribution in [1.29, 1.82) is 21.0 Å². The number of rotatable bonds is 32. The molecule has 0 saturated carbocycles. The molecule has 0 N–H and O–H groups in total. The first kappa shape index (κ1) is 117. The van der Waals surface area contributed by atoms with Gasteiger partial charge >= 0.3 is 0 Å². The summed E-state index contributed by atoms with van der Waals surface area (Å²) >= 11 is 0. The Morgan fingerprint density at radius 3 is 0.185 bits per heavy atom. The zero-order chi connectivity index (χ0) is 75.8. The van der Waals surface area contributed by atoms with Crippen LogP contribution >= 0.6 is 0 Å². The van der Waals surface area contributed by atoms with E-state index in [1.807, 2.05) is 0 Å². The first-order chi connectivity index (χ1) is 43.0. The summed E-state index contributed by atoms with van der Waals surface area (Å²) in [6, 6.07) is 0.